The third kappa shape index (κ3) is 7.59. The van der Waals surface area contributed by atoms with E-state index in [1.807, 2.05) is 128 Å². The van der Waals surface area contributed by atoms with Crippen molar-refractivity contribution in [3.63, 3.8) is 0 Å². The maximum Gasteiger partial charge on any atom is 0.167 e. The molecule has 11 heteroatoms. The number of hydrogen-bond acceptors (Lipinski definition) is 10. The highest BCUT2D eigenvalue weighted by Crippen LogP contribution is 2.44. The smallest absolute Gasteiger partial charge is 0.167 e. The molecule has 0 bridgehead atoms. The van der Waals surface area contributed by atoms with Gasteiger partial charge in [0, 0.05) is 0 Å². The number of benzene rings is 6. The lowest BCUT2D eigenvalue weighted by molar-refractivity contribution is -0.0891. The number of nitrogens with one attached hydrogen (secondary N) is 1. The average Bonchev–Trinajstić information content (AvgIpc) is 3.93. The molecule has 1 aliphatic heterocycles. The summed E-state index contributed by atoms with van der Waals surface area (Å²) >= 11 is 0. The molecule has 318 valence electrons. The van der Waals surface area contributed by atoms with Crippen molar-refractivity contribution < 1.29 is 24.1 Å². The van der Waals surface area contributed by atoms with Gasteiger partial charge in [-0.3, -0.25) is 4.57 Å². The zero-order valence-corrected chi connectivity index (χ0v) is 35.7. The second kappa shape index (κ2) is 17.8. The van der Waals surface area contributed by atoms with Gasteiger partial charge in [0.2, 0.25) is 0 Å². The maximum atomic E-state index is 12.2. The number of ether oxygens (including phenoxy) is 4. The molecular weight excluding hydrogens is 789 g/mol. The van der Waals surface area contributed by atoms with E-state index in [-0.39, 0.29) is 6.61 Å². The number of aliphatic hydroxyl groups excluding tert-OH is 1. The van der Waals surface area contributed by atoms with Crippen molar-refractivity contribution in [1.29, 1.82) is 0 Å². The molecule has 0 unspecified atom stereocenters. The Balaban J connectivity index is 1.10. The molecule has 1 aliphatic rings. The third-order valence-corrected chi connectivity index (χ3v) is 12.1. The van der Waals surface area contributed by atoms with Gasteiger partial charge in [0.1, 0.15) is 41.2 Å². The molecule has 0 amide bonds. The summed E-state index contributed by atoms with van der Waals surface area (Å²) in [6, 6.07) is 56.5. The van der Waals surface area contributed by atoms with Gasteiger partial charge in [-0.25, -0.2) is 15.0 Å². The molecule has 9 rings (SSSR count). The Morgan fingerprint density at radius 1 is 0.619 bits per heavy atom. The van der Waals surface area contributed by atoms with E-state index in [2.05, 4.69) is 66.0 Å². The molecule has 8 aromatic rings. The molecule has 63 heavy (non-hydrogen) atoms. The van der Waals surface area contributed by atoms with Crippen molar-refractivity contribution in [3.05, 3.63) is 216 Å². The molecule has 3 heterocycles. The van der Waals surface area contributed by atoms with Crippen LogP contribution in [0.3, 0.4) is 0 Å². The van der Waals surface area contributed by atoms with Crippen LogP contribution < -0.4 is 14.8 Å². The highest BCUT2D eigenvalue weighted by atomic mass is 16.6. The summed E-state index contributed by atoms with van der Waals surface area (Å²) in [6.45, 7) is 0.138. The Hall–Kier alpha value is -6.89. The van der Waals surface area contributed by atoms with Crippen LogP contribution in [0.25, 0.3) is 11.2 Å². The van der Waals surface area contributed by atoms with Crippen LogP contribution in [0.1, 0.15) is 39.6 Å². The van der Waals surface area contributed by atoms with Crippen LogP contribution in [0.15, 0.2) is 183 Å². The Labute approximate surface area is 367 Å². The largest absolute Gasteiger partial charge is 0.497 e. The first kappa shape index (κ1) is 41.5. The molecule has 4 atom stereocenters. The third-order valence-electron chi connectivity index (χ3n) is 12.1. The standard InChI is InChI=1S/C52H50N6O5/c1-57(2)46-44(33-62-52(39-21-13-7-14-22-39,40-23-15-8-16-24-40)41-27-31-43(61-4)32-28-41)63-50(47(46)59)58-35-55-45-48(53-34-54-49(45)58)56-51(36-17-9-5-10-18-36,37-19-11-6-12-20-37)38-25-29-42(60-3)30-26-38/h5-32,34-35,44,46-47,50,59H,33H2,1-4H3,(H,53,54,56)/t44-,46-,47+,50-/m1/s1. The van der Waals surface area contributed by atoms with Crippen LogP contribution in [0.5, 0.6) is 11.5 Å². The summed E-state index contributed by atoms with van der Waals surface area (Å²) in [5, 5.41) is 16.1. The van der Waals surface area contributed by atoms with Crippen LogP contribution in [0, 0.1) is 0 Å². The lowest BCUT2D eigenvalue weighted by Crippen LogP contribution is -2.46. The van der Waals surface area contributed by atoms with E-state index in [0.29, 0.717) is 17.0 Å². The molecular formula is C52H50N6O5. The highest BCUT2D eigenvalue weighted by Gasteiger charge is 2.49. The SMILES string of the molecule is COc1ccc(C(Nc2ncnc3c2ncn3[C@@H]2O[C@H](COC(c3ccccc3)(c3ccccc3)c3ccc(OC)cc3)[C@@H](N(C)C)[C@@H]2O)(c2ccccc2)c2ccccc2)cc1. The minimum absolute atomic E-state index is 0.138. The Kier molecular flexibility index (Phi) is 11.7. The second-order valence-electron chi connectivity index (χ2n) is 15.8. The molecule has 2 aromatic heterocycles. The van der Waals surface area contributed by atoms with Gasteiger partial charge in [-0.1, -0.05) is 146 Å². The molecule has 6 aromatic carbocycles. The fourth-order valence-corrected chi connectivity index (χ4v) is 9.10. The summed E-state index contributed by atoms with van der Waals surface area (Å²) in [5.41, 5.74) is 4.87. The number of imidazole rings is 1. The van der Waals surface area contributed by atoms with Crippen molar-refractivity contribution in [3.8, 4) is 11.5 Å². The van der Waals surface area contributed by atoms with Crippen LogP contribution in [-0.2, 0) is 20.6 Å². The van der Waals surface area contributed by atoms with E-state index in [4.69, 9.17) is 33.9 Å². The lowest BCUT2D eigenvalue weighted by Gasteiger charge is -2.37. The summed E-state index contributed by atoms with van der Waals surface area (Å²) in [4.78, 5) is 16.5. The fourth-order valence-electron chi connectivity index (χ4n) is 9.10. The molecule has 1 saturated heterocycles. The van der Waals surface area contributed by atoms with Crippen molar-refractivity contribution in [2.75, 3.05) is 40.2 Å². The average molecular weight is 839 g/mol. The van der Waals surface area contributed by atoms with Crippen molar-refractivity contribution in [2.24, 2.45) is 0 Å². The van der Waals surface area contributed by atoms with Crippen molar-refractivity contribution >= 4 is 17.0 Å². The summed E-state index contributed by atoms with van der Waals surface area (Å²) in [5.74, 6) is 2.00. The Morgan fingerprint density at radius 2 is 1.08 bits per heavy atom. The first-order valence-electron chi connectivity index (χ1n) is 21.0. The molecule has 0 saturated carbocycles. The van der Waals surface area contributed by atoms with Crippen molar-refractivity contribution in [1.82, 2.24) is 24.4 Å². The maximum absolute atomic E-state index is 12.2. The van der Waals surface area contributed by atoms with Gasteiger partial charge in [-0.2, -0.15) is 0 Å². The van der Waals surface area contributed by atoms with Gasteiger partial charge >= 0.3 is 0 Å². The fraction of sp³-hybridized carbons (Fsp3) is 0.212. The normalized spacial score (nSPS) is 17.8. The van der Waals surface area contributed by atoms with E-state index in [1.165, 1.54) is 6.33 Å². The van der Waals surface area contributed by atoms with E-state index in [1.54, 1.807) is 25.1 Å². The predicted molar refractivity (Wildman–Crippen MR) is 244 cm³/mol. The first-order valence-corrected chi connectivity index (χ1v) is 21.0. The van der Waals surface area contributed by atoms with Gasteiger partial charge < -0.3 is 34.3 Å². The number of methoxy groups -OCH3 is 2. The minimum atomic E-state index is -1.03. The van der Waals surface area contributed by atoms with Gasteiger partial charge in [-0.15, -0.1) is 0 Å². The van der Waals surface area contributed by atoms with Crippen molar-refractivity contribution in [2.45, 2.75) is 35.6 Å². The first-order chi connectivity index (χ1) is 30.9. The van der Waals surface area contributed by atoms with E-state index < -0.39 is 35.6 Å². The quantitative estimate of drug-likeness (QED) is 0.0976. The number of aliphatic hydroxyl groups is 1. The van der Waals surface area contributed by atoms with Crippen LogP contribution in [-0.4, -0.2) is 82.7 Å². The topological polar surface area (TPSA) is 116 Å². The summed E-state index contributed by atoms with van der Waals surface area (Å²) < 4.78 is 27.1. The van der Waals surface area contributed by atoms with Crippen LogP contribution in [0.2, 0.25) is 0 Å². The zero-order chi connectivity index (χ0) is 43.4. The highest BCUT2D eigenvalue weighted by molar-refractivity contribution is 5.84. The predicted octanol–water partition coefficient (Wildman–Crippen LogP) is 8.44. The molecule has 2 N–H and O–H groups in total. The number of fused-ring (bicyclic) bond motifs is 1. The molecule has 0 spiro atoms. The molecule has 0 radical (unpaired) electrons. The number of nitrogens with zero attached hydrogens (tertiary/aromatic N) is 5. The number of likely N-dealkylation sites (N-methyl/N-ethyl adjacent to an activating group) is 1. The number of anilines is 1. The zero-order valence-electron chi connectivity index (χ0n) is 35.7. The van der Waals surface area contributed by atoms with Gasteiger partial charge in [-0.05, 0) is 71.7 Å². The van der Waals surface area contributed by atoms with Crippen LogP contribution in [0.4, 0.5) is 5.82 Å². The number of aromatic nitrogens is 4. The summed E-state index contributed by atoms with van der Waals surface area (Å²) in [6.07, 6.45) is 0.793. The van der Waals surface area contributed by atoms with E-state index in [9.17, 15) is 5.11 Å². The molecule has 0 aliphatic carbocycles. The minimum Gasteiger partial charge on any atom is -0.497 e. The summed E-state index contributed by atoms with van der Waals surface area (Å²) in [7, 11) is 7.21. The Bertz CT molecular complexity index is 2640. The van der Waals surface area contributed by atoms with E-state index in [0.717, 1.165) is 44.9 Å². The number of rotatable bonds is 15. The van der Waals surface area contributed by atoms with Gasteiger partial charge in [0.05, 0.1) is 33.2 Å². The second-order valence-corrected chi connectivity index (χ2v) is 15.8. The Morgan fingerprint density at radius 3 is 1.57 bits per heavy atom. The van der Waals surface area contributed by atoms with Crippen LogP contribution >= 0.6 is 0 Å². The molecule has 1 fully saturated rings. The van der Waals surface area contributed by atoms with Gasteiger partial charge in [0.25, 0.3) is 0 Å². The lowest BCUT2D eigenvalue weighted by atomic mass is 9.77. The number of hydrogen-bond donors (Lipinski definition) is 2. The van der Waals surface area contributed by atoms with Gasteiger partial charge in [0.15, 0.2) is 23.2 Å². The van der Waals surface area contributed by atoms with E-state index >= 15 is 0 Å². The molecule has 11 nitrogen and oxygen atoms in total. The monoisotopic (exact) mass is 838 g/mol.